The van der Waals surface area contributed by atoms with Gasteiger partial charge in [-0.1, -0.05) is 24.3 Å². The molecule has 2 nitrogen and oxygen atoms in total. The molecule has 0 aliphatic carbocycles. The van der Waals surface area contributed by atoms with Crippen molar-refractivity contribution in [2.45, 2.75) is 25.9 Å². The van der Waals surface area contributed by atoms with E-state index in [1.54, 1.807) is 0 Å². The second-order valence-electron chi connectivity index (χ2n) is 4.53. The summed E-state index contributed by atoms with van der Waals surface area (Å²) in [6.45, 7) is 4.01. The van der Waals surface area contributed by atoms with Crippen LogP contribution in [0, 0.1) is 0 Å². The van der Waals surface area contributed by atoms with E-state index < -0.39 is 0 Å². The van der Waals surface area contributed by atoms with Crippen LogP contribution in [-0.2, 0) is 13.0 Å². The Balaban J connectivity index is 2.66. The number of nitrogens with zero attached hydrogens (tertiary/aromatic N) is 1. The van der Waals surface area contributed by atoms with Gasteiger partial charge in [0.1, 0.15) is 0 Å². The summed E-state index contributed by atoms with van der Waals surface area (Å²) in [5.74, 6) is 1.18. The molecule has 0 aliphatic rings. The predicted molar refractivity (Wildman–Crippen MR) is 78.5 cm³/mol. The van der Waals surface area contributed by atoms with Crippen molar-refractivity contribution in [3.63, 3.8) is 0 Å². The van der Waals surface area contributed by atoms with Gasteiger partial charge in [0.05, 0.1) is 0 Å². The lowest BCUT2D eigenvalue weighted by Gasteiger charge is -2.25. The number of rotatable bonds is 7. The zero-order valence-corrected chi connectivity index (χ0v) is 12.0. The van der Waals surface area contributed by atoms with Gasteiger partial charge in [0, 0.05) is 18.3 Å². The van der Waals surface area contributed by atoms with E-state index in [0.717, 1.165) is 19.5 Å². The van der Waals surface area contributed by atoms with Gasteiger partial charge < -0.3 is 5.73 Å². The molecular weight excluding hydrogens is 228 g/mol. The van der Waals surface area contributed by atoms with Crippen LogP contribution in [0.4, 0.5) is 0 Å². The minimum Gasteiger partial charge on any atom is -0.330 e. The summed E-state index contributed by atoms with van der Waals surface area (Å²) in [6.07, 6.45) is 3.13. The SMILES string of the molecule is CSCC(C)N(C)Cc1ccccc1CCN. The molecule has 17 heavy (non-hydrogen) atoms. The summed E-state index contributed by atoms with van der Waals surface area (Å²) in [4.78, 5) is 2.41. The van der Waals surface area contributed by atoms with Gasteiger partial charge in [0.2, 0.25) is 0 Å². The van der Waals surface area contributed by atoms with Crippen LogP contribution in [0.15, 0.2) is 24.3 Å². The third-order valence-corrected chi connectivity index (χ3v) is 3.93. The van der Waals surface area contributed by atoms with E-state index in [0.29, 0.717) is 6.04 Å². The molecule has 0 saturated carbocycles. The summed E-state index contributed by atoms with van der Waals surface area (Å²) in [5, 5.41) is 0. The van der Waals surface area contributed by atoms with Crippen molar-refractivity contribution in [2.75, 3.05) is 25.6 Å². The van der Waals surface area contributed by atoms with Gasteiger partial charge in [-0.25, -0.2) is 0 Å². The van der Waals surface area contributed by atoms with Gasteiger partial charge in [-0.15, -0.1) is 0 Å². The quantitative estimate of drug-likeness (QED) is 0.808. The number of hydrogen-bond acceptors (Lipinski definition) is 3. The fourth-order valence-electron chi connectivity index (χ4n) is 1.90. The second kappa shape index (κ2) is 7.75. The third-order valence-electron chi connectivity index (χ3n) is 3.11. The van der Waals surface area contributed by atoms with Crippen molar-refractivity contribution in [3.05, 3.63) is 35.4 Å². The topological polar surface area (TPSA) is 29.3 Å². The molecule has 3 heteroatoms. The molecule has 0 radical (unpaired) electrons. The Morgan fingerprint density at radius 3 is 2.53 bits per heavy atom. The van der Waals surface area contributed by atoms with Crippen LogP contribution in [0.2, 0.25) is 0 Å². The lowest BCUT2D eigenvalue weighted by Crippen LogP contribution is -2.30. The smallest absolute Gasteiger partial charge is 0.0236 e. The van der Waals surface area contributed by atoms with Crippen molar-refractivity contribution in [2.24, 2.45) is 5.73 Å². The molecule has 2 N–H and O–H groups in total. The van der Waals surface area contributed by atoms with E-state index in [2.05, 4.69) is 49.4 Å². The largest absolute Gasteiger partial charge is 0.330 e. The molecule has 1 atom stereocenters. The maximum atomic E-state index is 5.65. The van der Waals surface area contributed by atoms with E-state index in [1.165, 1.54) is 16.9 Å². The Bertz CT molecular complexity index is 328. The number of thioether (sulfide) groups is 1. The van der Waals surface area contributed by atoms with Gasteiger partial charge >= 0.3 is 0 Å². The van der Waals surface area contributed by atoms with E-state index in [1.807, 2.05) is 11.8 Å². The molecule has 1 aromatic rings. The number of benzene rings is 1. The maximum Gasteiger partial charge on any atom is 0.0236 e. The van der Waals surface area contributed by atoms with Crippen LogP contribution in [-0.4, -0.2) is 36.5 Å². The summed E-state index contributed by atoms with van der Waals surface area (Å²) < 4.78 is 0. The Kier molecular flexibility index (Phi) is 6.63. The molecular formula is C14H24N2S. The summed E-state index contributed by atoms with van der Waals surface area (Å²) in [7, 11) is 2.19. The lowest BCUT2D eigenvalue weighted by atomic mass is 10.0. The van der Waals surface area contributed by atoms with Gasteiger partial charge in [-0.3, -0.25) is 4.90 Å². The van der Waals surface area contributed by atoms with Crippen molar-refractivity contribution in [3.8, 4) is 0 Å². The first-order valence-corrected chi connectivity index (χ1v) is 7.54. The van der Waals surface area contributed by atoms with Crippen LogP contribution >= 0.6 is 11.8 Å². The molecule has 1 aromatic carbocycles. The fourth-order valence-corrected chi connectivity index (χ4v) is 2.64. The zero-order chi connectivity index (χ0) is 12.7. The van der Waals surface area contributed by atoms with Crippen molar-refractivity contribution in [1.29, 1.82) is 0 Å². The highest BCUT2D eigenvalue weighted by Crippen LogP contribution is 2.14. The standard InChI is InChI=1S/C14H24N2S/c1-12(11-17-3)16(2)10-14-7-5-4-6-13(14)8-9-15/h4-7,12H,8-11,15H2,1-3H3. The molecule has 0 fully saturated rings. The van der Waals surface area contributed by atoms with Crippen molar-refractivity contribution >= 4 is 11.8 Å². The fraction of sp³-hybridized carbons (Fsp3) is 0.571. The van der Waals surface area contributed by atoms with Crippen LogP contribution in [0.3, 0.4) is 0 Å². The predicted octanol–water partition coefficient (Wildman–Crippen LogP) is 2.37. The van der Waals surface area contributed by atoms with E-state index in [4.69, 9.17) is 5.73 Å². The van der Waals surface area contributed by atoms with Crippen molar-refractivity contribution < 1.29 is 0 Å². The molecule has 0 aromatic heterocycles. The molecule has 1 rings (SSSR count). The number of nitrogens with two attached hydrogens (primary N) is 1. The highest BCUT2D eigenvalue weighted by Gasteiger charge is 2.10. The van der Waals surface area contributed by atoms with Gasteiger partial charge in [-0.2, -0.15) is 11.8 Å². The van der Waals surface area contributed by atoms with Gasteiger partial charge in [-0.05, 0) is 44.3 Å². The molecule has 1 unspecified atom stereocenters. The average molecular weight is 252 g/mol. The second-order valence-corrected chi connectivity index (χ2v) is 5.44. The normalized spacial score (nSPS) is 13.0. The van der Waals surface area contributed by atoms with Gasteiger partial charge in [0.15, 0.2) is 0 Å². The van der Waals surface area contributed by atoms with Crippen molar-refractivity contribution in [1.82, 2.24) is 4.90 Å². The Morgan fingerprint density at radius 2 is 1.94 bits per heavy atom. The Labute approximate surface area is 110 Å². The number of hydrogen-bond donors (Lipinski definition) is 1. The van der Waals surface area contributed by atoms with E-state index in [9.17, 15) is 0 Å². The molecule has 0 heterocycles. The first-order chi connectivity index (χ1) is 8.19. The average Bonchev–Trinajstić information content (AvgIpc) is 2.32. The first-order valence-electron chi connectivity index (χ1n) is 6.15. The maximum absolute atomic E-state index is 5.65. The van der Waals surface area contributed by atoms with E-state index >= 15 is 0 Å². The highest BCUT2D eigenvalue weighted by molar-refractivity contribution is 7.98. The molecule has 0 bridgehead atoms. The summed E-state index contributed by atoms with van der Waals surface area (Å²) in [5.41, 5.74) is 8.45. The van der Waals surface area contributed by atoms with Crippen LogP contribution in [0.1, 0.15) is 18.1 Å². The molecule has 0 aliphatic heterocycles. The van der Waals surface area contributed by atoms with Crippen LogP contribution in [0.25, 0.3) is 0 Å². The molecule has 0 amide bonds. The molecule has 96 valence electrons. The summed E-state index contributed by atoms with van der Waals surface area (Å²) >= 11 is 1.90. The third kappa shape index (κ3) is 4.70. The Hall–Kier alpha value is -0.510. The van der Waals surface area contributed by atoms with Crippen LogP contribution in [0.5, 0.6) is 0 Å². The highest BCUT2D eigenvalue weighted by atomic mass is 32.2. The summed E-state index contributed by atoms with van der Waals surface area (Å²) in [6, 6.07) is 9.22. The van der Waals surface area contributed by atoms with Gasteiger partial charge in [0.25, 0.3) is 0 Å². The Morgan fingerprint density at radius 1 is 1.29 bits per heavy atom. The van der Waals surface area contributed by atoms with E-state index in [-0.39, 0.29) is 0 Å². The minimum absolute atomic E-state index is 0.607. The minimum atomic E-state index is 0.607. The monoisotopic (exact) mass is 252 g/mol. The lowest BCUT2D eigenvalue weighted by molar-refractivity contribution is 0.269. The first kappa shape index (κ1) is 14.6. The molecule has 0 spiro atoms. The zero-order valence-electron chi connectivity index (χ0n) is 11.1. The molecule has 0 saturated heterocycles. The van der Waals surface area contributed by atoms with Crippen LogP contribution < -0.4 is 5.73 Å².